The van der Waals surface area contributed by atoms with Crippen LogP contribution in [0.1, 0.15) is 5.69 Å². The first-order chi connectivity index (χ1) is 14.9. The van der Waals surface area contributed by atoms with Crippen molar-refractivity contribution in [2.24, 2.45) is 5.73 Å². The SMILES string of the molecule is N[C@@H](Cc1cnc[nH]1)C(=O)OS(=O)(=O)c1cccc2cccc(Nc3ccccc3)c12. The van der Waals surface area contributed by atoms with Crippen molar-refractivity contribution in [2.75, 3.05) is 5.32 Å². The second-order valence-corrected chi connectivity index (χ2v) is 8.41. The molecular weight excluding hydrogens is 416 g/mol. The van der Waals surface area contributed by atoms with Gasteiger partial charge in [0.25, 0.3) is 0 Å². The first kappa shape index (κ1) is 20.6. The van der Waals surface area contributed by atoms with Gasteiger partial charge in [-0.2, -0.15) is 8.42 Å². The topological polar surface area (TPSA) is 127 Å². The molecule has 0 saturated carbocycles. The Morgan fingerprint density at radius 2 is 1.81 bits per heavy atom. The van der Waals surface area contributed by atoms with Crippen LogP contribution in [0.15, 0.2) is 84.1 Å². The highest BCUT2D eigenvalue weighted by molar-refractivity contribution is 7.87. The van der Waals surface area contributed by atoms with Crippen LogP contribution in [0.3, 0.4) is 0 Å². The quantitative estimate of drug-likeness (QED) is 0.380. The number of para-hydroxylation sites is 1. The van der Waals surface area contributed by atoms with Gasteiger partial charge in [0.05, 0.1) is 6.33 Å². The number of nitrogens with zero attached hydrogens (tertiary/aromatic N) is 1. The van der Waals surface area contributed by atoms with Crippen LogP contribution in [0.25, 0.3) is 10.8 Å². The Morgan fingerprint density at radius 3 is 2.52 bits per heavy atom. The molecule has 31 heavy (non-hydrogen) atoms. The molecular formula is C22H20N4O4S. The summed E-state index contributed by atoms with van der Waals surface area (Å²) < 4.78 is 30.9. The van der Waals surface area contributed by atoms with Crippen LogP contribution in [0.2, 0.25) is 0 Å². The Labute approximate surface area is 179 Å². The number of imidazole rings is 1. The van der Waals surface area contributed by atoms with E-state index in [0.29, 0.717) is 22.2 Å². The monoisotopic (exact) mass is 436 g/mol. The summed E-state index contributed by atoms with van der Waals surface area (Å²) >= 11 is 0. The highest BCUT2D eigenvalue weighted by atomic mass is 32.2. The number of hydrogen-bond acceptors (Lipinski definition) is 7. The molecule has 9 heteroatoms. The van der Waals surface area contributed by atoms with Crippen molar-refractivity contribution in [2.45, 2.75) is 17.4 Å². The van der Waals surface area contributed by atoms with Crippen molar-refractivity contribution < 1.29 is 17.4 Å². The van der Waals surface area contributed by atoms with Gasteiger partial charge >= 0.3 is 16.1 Å². The van der Waals surface area contributed by atoms with Crippen molar-refractivity contribution in [3.05, 3.63) is 84.9 Å². The fraction of sp³-hybridized carbons (Fsp3) is 0.0909. The molecule has 0 radical (unpaired) electrons. The Bertz CT molecular complexity index is 1300. The Morgan fingerprint density at radius 1 is 1.06 bits per heavy atom. The number of nitrogens with one attached hydrogen (secondary N) is 2. The number of hydrogen-bond donors (Lipinski definition) is 3. The van der Waals surface area contributed by atoms with E-state index in [1.807, 2.05) is 36.4 Å². The van der Waals surface area contributed by atoms with Gasteiger partial charge in [0, 0.05) is 35.1 Å². The third-order valence-corrected chi connectivity index (χ3v) is 5.94. The van der Waals surface area contributed by atoms with Gasteiger partial charge in [0.15, 0.2) is 0 Å². The third kappa shape index (κ3) is 4.57. The van der Waals surface area contributed by atoms with Gasteiger partial charge in [-0.1, -0.05) is 42.5 Å². The Hall–Kier alpha value is -3.69. The number of benzene rings is 3. The van der Waals surface area contributed by atoms with E-state index in [2.05, 4.69) is 15.3 Å². The minimum absolute atomic E-state index is 0.0741. The van der Waals surface area contributed by atoms with Crippen LogP contribution in [-0.4, -0.2) is 30.4 Å². The predicted molar refractivity (Wildman–Crippen MR) is 117 cm³/mol. The molecule has 0 bridgehead atoms. The van der Waals surface area contributed by atoms with Crippen molar-refractivity contribution >= 4 is 38.2 Å². The van der Waals surface area contributed by atoms with Gasteiger partial charge in [-0.25, -0.2) is 9.78 Å². The van der Waals surface area contributed by atoms with Crippen molar-refractivity contribution in [1.82, 2.24) is 9.97 Å². The molecule has 0 amide bonds. The summed E-state index contributed by atoms with van der Waals surface area (Å²) in [5, 5.41) is 4.33. The summed E-state index contributed by atoms with van der Waals surface area (Å²) in [7, 11) is -4.42. The first-order valence-corrected chi connectivity index (χ1v) is 10.9. The fourth-order valence-electron chi connectivity index (χ4n) is 3.23. The lowest BCUT2D eigenvalue weighted by atomic mass is 10.1. The summed E-state index contributed by atoms with van der Waals surface area (Å²) in [4.78, 5) is 18.9. The smallest absolute Gasteiger partial charge is 0.342 e. The lowest BCUT2D eigenvalue weighted by Crippen LogP contribution is -2.35. The number of fused-ring (bicyclic) bond motifs is 1. The van der Waals surface area contributed by atoms with Crippen LogP contribution >= 0.6 is 0 Å². The van der Waals surface area contributed by atoms with Crippen LogP contribution in [0.4, 0.5) is 11.4 Å². The zero-order chi connectivity index (χ0) is 21.8. The molecule has 0 aliphatic heterocycles. The third-order valence-electron chi connectivity index (χ3n) is 4.68. The van der Waals surface area contributed by atoms with Gasteiger partial charge in [0.1, 0.15) is 10.9 Å². The molecule has 1 atom stereocenters. The molecule has 158 valence electrons. The molecule has 1 aromatic heterocycles. The summed E-state index contributed by atoms with van der Waals surface area (Å²) in [5.74, 6) is -1.04. The summed E-state index contributed by atoms with van der Waals surface area (Å²) in [6.45, 7) is 0. The van der Waals surface area contributed by atoms with Crippen LogP contribution < -0.4 is 11.1 Å². The second-order valence-electron chi connectivity index (χ2n) is 6.89. The van der Waals surface area contributed by atoms with E-state index >= 15 is 0 Å². The fourth-order valence-corrected chi connectivity index (χ4v) is 4.38. The summed E-state index contributed by atoms with van der Waals surface area (Å²) in [6, 6.07) is 18.4. The molecule has 8 nitrogen and oxygen atoms in total. The molecule has 0 fully saturated rings. The van der Waals surface area contributed by atoms with E-state index in [1.165, 1.54) is 18.6 Å². The average Bonchev–Trinajstić information content (AvgIpc) is 3.27. The van der Waals surface area contributed by atoms with Crippen molar-refractivity contribution in [3.8, 4) is 0 Å². The maximum atomic E-state index is 13.0. The van der Waals surface area contributed by atoms with E-state index in [0.717, 1.165) is 5.69 Å². The number of rotatable bonds is 7. The molecule has 4 aromatic rings. The van der Waals surface area contributed by atoms with Crippen LogP contribution in [-0.2, 0) is 25.5 Å². The largest absolute Gasteiger partial charge is 0.355 e. The van der Waals surface area contributed by atoms with Crippen LogP contribution in [0, 0.1) is 0 Å². The van der Waals surface area contributed by atoms with E-state index < -0.39 is 22.1 Å². The maximum Gasteiger partial charge on any atom is 0.342 e. The molecule has 0 unspecified atom stereocenters. The van der Waals surface area contributed by atoms with Gasteiger partial charge in [-0.05, 0) is 29.7 Å². The molecule has 1 heterocycles. The maximum absolute atomic E-state index is 13.0. The molecule has 0 aliphatic rings. The highest BCUT2D eigenvalue weighted by Gasteiger charge is 2.27. The first-order valence-electron chi connectivity index (χ1n) is 9.49. The highest BCUT2D eigenvalue weighted by Crippen LogP contribution is 2.33. The molecule has 3 aromatic carbocycles. The molecule has 0 aliphatic carbocycles. The van der Waals surface area contributed by atoms with E-state index in [4.69, 9.17) is 9.92 Å². The molecule has 4 N–H and O–H groups in total. The van der Waals surface area contributed by atoms with Gasteiger partial charge < -0.3 is 20.2 Å². The summed E-state index contributed by atoms with van der Waals surface area (Å²) in [5.41, 5.74) is 7.80. The number of aromatic nitrogens is 2. The Balaban J connectivity index is 1.67. The predicted octanol–water partition coefficient (Wildman–Crippen LogP) is 3.11. The number of anilines is 2. The zero-order valence-corrected chi connectivity index (χ0v) is 17.2. The minimum atomic E-state index is -4.42. The molecule has 0 saturated heterocycles. The average molecular weight is 436 g/mol. The number of carbonyl (C=O) groups excluding carboxylic acids is 1. The minimum Gasteiger partial charge on any atom is -0.355 e. The number of nitrogens with two attached hydrogens (primary N) is 1. The van der Waals surface area contributed by atoms with Gasteiger partial charge in [-0.15, -0.1) is 0 Å². The Kier molecular flexibility index (Phi) is 5.70. The molecule has 0 spiro atoms. The van der Waals surface area contributed by atoms with Crippen LogP contribution in [0.5, 0.6) is 0 Å². The normalized spacial score (nSPS) is 12.4. The lowest BCUT2D eigenvalue weighted by molar-refractivity contribution is -0.135. The van der Waals surface area contributed by atoms with E-state index in [-0.39, 0.29) is 11.3 Å². The lowest BCUT2D eigenvalue weighted by Gasteiger charge is -2.15. The van der Waals surface area contributed by atoms with Crippen molar-refractivity contribution in [1.29, 1.82) is 0 Å². The van der Waals surface area contributed by atoms with Gasteiger partial charge in [0.2, 0.25) is 0 Å². The van der Waals surface area contributed by atoms with E-state index in [1.54, 1.807) is 24.3 Å². The number of H-pyrrole nitrogens is 1. The molecule has 4 rings (SSSR count). The van der Waals surface area contributed by atoms with E-state index in [9.17, 15) is 13.2 Å². The zero-order valence-electron chi connectivity index (χ0n) is 16.4. The van der Waals surface area contributed by atoms with Crippen molar-refractivity contribution in [3.63, 3.8) is 0 Å². The number of carbonyl (C=O) groups is 1. The summed E-state index contributed by atoms with van der Waals surface area (Å²) in [6.07, 6.45) is 3.03. The van der Waals surface area contributed by atoms with Gasteiger partial charge in [-0.3, -0.25) is 0 Å². The standard InChI is InChI=1S/C22H20N4O4S/c23-18(12-17-13-24-14-25-17)22(27)30-31(28,29)20-11-5-7-15-6-4-10-19(21(15)20)26-16-8-2-1-3-9-16/h1-11,13-14,18,26H,12,23H2,(H,24,25)/t18-/m0/s1. The number of aromatic amines is 1. The second kappa shape index (κ2) is 8.58.